The van der Waals surface area contributed by atoms with E-state index in [0.717, 1.165) is 18.9 Å². The van der Waals surface area contributed by atoms with Crippen LogP contribution in [0.3, 0.4) is 0 Å². The van der Waals surface area contributed by atoms with Gasteiger partial charge in [-0.25, -0.2) is 0 Å². The van der Waals surface area contributed by atoms with Crippen LogP contribution in [0.25, 0.3) is 0 Å². The van der Waals surface area contributed by atoms with E-state index < -0.39 is 0 Å². The molecule has 0 saturated carbocycles. The highest BCUT2D eigenvalue weighted by atomic mass is 16.5. The fourth-order valence-electron chi connectivity index (χ4n) is 2.84. The highest BCUT2D eigenvalue weighted by molar-refractivity contribution is 4.74. The summed E-state index contributed by atoms with van der Waals surface area (Å²) in [4.78, 5) is 0. The SMILES string of the molecule is CCCCC(CC)CC(N)CC1CCCCO1. The van der Waals surface area contributed by atoms with Gasteiger partial charge in [0.25, 0.3) is 0 Å². The van der Waals surface area contributed by atoms with Crippen LogP contribution in [0.1, 0.15) is 71.6 Å². The molecule has 3 atom stereocenters. The fourth-order valence-corrected chi connectivity index (χ4v) is 2.84. The van der Waals surface area contributed by atoms with Crippen molar-refractivity contribution in [2.75, 3.05) is 6.61 Å². The van der Waals surface area contributed by atoms with Crippen LogP contribution in [-0.4, -0.2) is 18.8 Å². The van der Waals surface area contributed by atoms with Crippen molar-refractivity contribution < 1.29 is 4.74 Å². The molecule has 0 aromatic carbocycles. The molecule has 0 aliphatic carbocycles. The summed E-state index contributed by atoms with van der Waals surface area (Å²) in [5, 5.41) is 0. The van der Waals surface area contributed by atoms with Crippen LogP contribution in [0.4, 0.5) is 0 Å². The molecule has 1 rings (SSSR count). The predicted molar refractivity (Wildman–Crippen MR) is 74.1 cm³/mol. The van der Waals surface area contributed by atoms with Crippen LogP contribution in [0.2, 0.25) is 0 Å². The summed E-state index contributed by atoms with van der Waals surface area (Å²) < 4.78 is 5.76. The first kappa shape index (κ1) is 15.0. The van der Waals surface area contributed by atoms with E-state index in [0.29, 0.717) is 12.1 Å². The Labute approximate surface area is 107 Å². The van der Waals surface area contributed by atoms with Gasteiger partial charge in [0, 0.05) is 12.6 Å². The van der Waals surface area contributed by atoms with E-state index in [9.17, 15) is 0 Å². The highest BCUT2D eigenvalue weighted by Crippen LogP contribution is 2.22. The van der Waals surface area contributed by atoms with Gasteiger partial charge >= 0.3 is 0 Å². The van der Waals surface area contributed by atoms with E-state index >= 15 is 0 Å². The fraction of sp³-hybridized carbons (Fsp3) is 1.00. The lowest BCUT2D eigenvalue weighted by atomic mass is 9.89. The summed E-state index contributed by atoms with van der Waals surface area (Å²) in [6, 6.07) is 0.347. The molecule has 17 heavy (non-hydrogen) atoms. The zero-order valence-corrected chi connectivity index (χ0v) is 11.8. The van der Waals surface area contributed by atoms with Crippen molar-refractivity contribution in [3.8, 4) is 0 Å². The topological polar surface area (TPSA) is 35.2 Å². The molecule has 2 nitrogen and oxygen atoms in total. The van der Waals surface area contributed by atoms with Gasteiger partial charge in [-0.15, -0.1) is 0 Å². The molecule has 0 spiro atoms. The number of nitrogens with two attached hydrogens (primary N) is 1. The van der Waals surface area contributed by atoms with Gasteiger partial charge in [0.1, 0.15) is 0 Å². The first-order valence-electron chi connectivity index (χ1n) is 7.63. The molecule has 2 heteroatoms. The monoisotopic (exact) mass is 241 g/mol. The average Bonchev–Trinajstić information content (AvgIpc) is 2.35. The number of hydrogen-bond donors (Lipinski definition) is 1. The molecule has 0 bridgehead atoms. The van der Waals surface area contributed by atoms with Gasteiger partial charge in [0.05, 0.1) is 6.10 Å². The molecule has 1 fully saturated rings. The molecule has 1 aliphatic heterocycles. The third kappa shape index (κ3) is 6.42. The summed E-state index contributed by atoms with van der Waals surface area (Å²) in [7, 11) is 0. The lowest BCUT2D eigenvalue weighted by molar-refractivity contribution is 0.00607. The van der Waals surface area contributed by atoms with Crippen molar-refractivity contribution in [3.63, 3.8) is 0 Å². The second-order valence-corrected chi connectivity index (χ2v) is 5.64. The molecule has 1 heterocycles. The van der Waals surface area contributed by atoms with Crippen LogP contribution in [0.5, 0.6) is 0 Å². The molecule has 0 radical (unpaired) electrons. The van der Waals surface area contributed by atoms with Crippen molar-refractivity contribution in [3.05, 3.63) is 0 Å². The minimum absolute atomic E-state index is 0.347. The Hall–Kier alpha value is -0.0800. The van der Waals surface area contributed by atoms with Crippen molar-refractivity contribution in [1.29, 1.82) is 0 Å². The molecular weight excluding hydrogens is 210 g/mol. The minimum atomic E-state index is 0.347. The van der Waals surface area contributed by atoms with E-state index in [1.54, 1.807) is 0 Å². The third-order valence-electron chi connectivity index (χ3n) is 4.02. The summed E-state index contributed by atoms with van der Waals surface area (Å²) in [5.41, 5.74) is 6.27. The van der Waals surface area contributed by atoms with Crippen LogP contribution in [0.15, 0.2) is 0 Å². The van der Waals surface area contributed by atoms with Crippen molar-refractivity contribution >= 4 is 0 Å². The zero-order chi connectivity index (χ0) is 12.5. The average molecular weight is 241 g/mol. The second-order valence-electron chi connectivity index (χ2n) is 5.64. The molecule has 3 unspecified atom stereocenters. The number of unbranched alkanes of at least 4 members (excludes halogenated alkanes) is 1. The molecule has 1 saturated heterocycles. The molecule has 1 aliphatic rings. The van der Waals surface area contributed by atoms with Gasteiger partial charge in [-0.05, 0) is 38.0 Å². The minimum Gasteiger partial charge on any atom is -0.378 e. The van der Waals surface area contributed by atoms with Crippen LogP contribution in [0, 0.1) is 5.92 Å². The smallest absolute Gasteiger partial charge is 0.0589 e. The summed E-state index contributed by atoms with van der Waals surface area (Å²) in [6.07, 6.45) is 11.8. The lowest BCUT2D eigenvalue weighted by Gasteiger charge is -2.27. The maximum atomic E-state index is 6.27. The van der Waals surface area contributed by atoms with Gasteiger partial charge < -0.3 is 10.5 Å². The molecule has 2 N–H and O–H groups in total. The van der Waals surface area contributed by atoms with Crippen LogP contribution < -0.4 is 5.73 Å². The Morgan fingerprint density at radius 3 is 2.71 bits per heavy atom. The van der Waals surface area contributed by atoms with Gasteiger partial charge in [-0.3, -0.25) is 0 Å². The number of rotatable bonds is 8. The Balaban J connectivity index is 2.18. The molecule has 0 aromatic rings. The summed E-state index contributed by atoms with van der Waals surface area (Å²) in [6.45, 7) is 5.51. The van der Waals surface area contributed by atoms with E-state index in [2.05, 4.69) is 13.8 Å². The van der Waals surface area contributed by atoms with Crippen LogP contribution >= 0.6 is 0 Å². The van der Waals surface area contributed by atoms with Gasteiger partial charge in [0.2, 0.25) is 0 Å². The van der Waals surface area contributed by atoms with Crippen molar-refractivity contribution in [2.24, 2.45) is 11.7 Å². The zero-order valence-electron chi connectivity index (χ0n) is 11.8. The maximum absolute atomic E-state index is 6.27. The summed E-state index contributed by atoms with van der Waals surface area (Å²) >= 11 is 0. The van der Waals surface area contributed by atoms with E-state index in [-0.39, 0.29) is 0 Å². The molecule has 0 amide bonds. The third-order valence-corrected chi connectivity index (χ3v) is 4.02. The number of ether oxygens (including phenoxy) is 1. The van der Waals surface area contributed by atoms with Gasteiger partial charge in [-0.1, -0.05) is 39.5 Å². The molecule has 102 valence electrons. The highest BCUT2D eigenvalue weighted by Gasteiger charge is 2.19. The lowest BCUT2D eigenvalue weighted by Crippen LogP contribution is -2.31. The van der Waals surface area contributed by atoms with Crippen molar-refractivity contribution in [1.82, 2.24) is 0 Å². The second kappa shape index (κ2) is 8.93. The Morgan fingerprint density at radius 1 is 1.29 bits per heavy atom. The van der Waals surface area contributed by atoms with E-state index in [4.69, 9.17) is 10.5 Å². The van der Waals surface area contributed by atoms with E-state index in [1.807, 2.05) is 0 Å². The number of hydrogen-bond acceptors (Lipinski definition) is 2. The van der Waals surface area contributed by atoms with Gasteiger partial charge in [0.15, 0.2) is 0 Å². The van der Waals surface area contributed by atoms with E-state index in [1.165, 1.54) is 51.4 Å². The van der Waals surface area contributed by atoms with Gasteiger partial charge in [-0.2, -0.15) is 0 Å². The van der Waals surface area contributed by atoms with Crippen molar-refractivity contribution in [2.45, 2.75) is 83.8 Å². The first-order valence-corrected chi connectivity index (χ1v) is 7.63. The standard InChI is InChI=1S/C15H31NO/c1-3-5-8-13(4-2)11-14(16)12-15-9-6-7-10-17-15/h13-15H,3-12,16H2,1-2H3. The maximum Gasteiger partial charge on any atom is 0.0589 e. The Bertz CT molecular complexity index is 178. The normalized spacial score (nSPS) is 24.5. The molecule has 0 aromatic heterocycles. The van der Waals surface area contributed by atoms with Crippen LogP contribution in [-0.2, 0) is 4.74 Å². The Kier molecular flexibility index (Phi) is 7.87. The quantitative estimate of drug-likeness (QED) is 0.700. The summed E-state index contributed by atoms with van der Waals surface area (Å²) in [5.74, 6) is 0.827. The predicted octanol–water partition coefficient (Wildman–Crippen LogP) is 3.88. The molecular formula is C15H31NO. The largest absolute Gasteiger partial charge is 0.378 e. The Morgan fingerprint density at radius 2 is 2.12 bits per heavy atom. The first-order chi connectivity index (χ1) is 8.26.